The van der Waals surface area contributed by atoms with E-state index in [2.05, 4.69) is 9.97 Å². The number of nitrogens with zero attached hydrogens (tertiary/aromatic N) is 2. The third-order valence-corrected chi connectivity index (χ3v) is 7.55. The highest BCUT2D eigenvalue weighted by atomic mass is 16.5. The Bertz CT molecular complexity index is 767. The minimum Gasteiger partial charge on any atom is -0.384 e. The summed E-state index contributed by atoms with van der Waals surface area (Å²) in [6.07, 6.45) is 10.0. The average molecular weight is 371 g/mol. The Morgan fingerprint density at radius 3 is 2.52 bits per heavy atom. The van der Waals surface area contributed by atoms with Gasteiger partial charge in [-0.15, -0.1) is 0 Å². The molecular formula is C21H29N3O3. The molecular weight excluding hydrogens is 342 g/mol. The lowest BCUT2D eigenvalue weighted by molar-refractivity contribution is -0.00954. The third kappa shape index (κ3) is 2.93. The number of hydrogen-bond acceptors (Lipinski definition) is 4. The molecule has 1 atom stereocenters. The van der Waals surface area contributed by atoms with Crippen LogP contribution in [0.15, 0.2) is 11.0 Å². The Labute approximate surface area is 159 Å². The number of ether oxygens (including phenoxy) is 1. The van der Waals surface area contributed by atoms with Gasteiger partial charge in [-0.05, 0) is 62.7 Å². The fourth-order valence-electron chi connectivity index (χ4n) is 6.78. The minimum absolute atomic E-state index is 0.0483. The van der Waals surface area contributed by atoms with Crippen LogP contribution < -0.4 is 5.56 Å². The highest BCUT2D eigenvalue weighted by Gasteiger charge is 2.53. The molecule has 0 radical (unpaired) electrons. The fourth-order valence-corrected chi connectivity index (χ4v) is 6.78. The van der Waals surface area contributed by atoms with E-state index in [0.717, 1.165) is 49.3 Å². The number of aromatic nitrogens is 2. The fraction of sp³-hybridized carbons (Fsp3) is 0.762. The van der Waals surface area contributed by atoms with Gasteiger partial charge in [0.1, 0.15) is 11.4 Å². The van der Waals surface area contributed by atoms with Crippen molar-refractivity contribution < 1.29 is 9.53 Å². The van der Waals surface area contributed by atoms with Gasteiger partial charge in [-0.2, -0.15) is 0 Å². The largest absolute Gasteiger partial charge is 0.384 e. The highest BCUT2D eigenvalue weighted by molar-refractivity contribution is 5.93. The minimum atomic E-state index is -0.268. The molecule has 4 saturated carbocycles. The van der Waals surface area contributed by atoms with Crippen LogP contribution in [0.1, 0.15) is 61.1 Å². The standard InChI is InChI=1S/C21H29N3O3/c1-27-12-13-2-3-24(11-13)19(26)17-10-22-20(23-18(17)25)21-7-14-4-15(8-21)6-16(5-14)9-21/h10,13-16H,2-9,11-12H2,1H3,(H,22,23,25). The smallest absolute Gasteiger partial charge is 0.263 e. The van der Waals surface area contributed by atoms with Gasteiger partial charge >= 0.3 is 0 Å². The summed E-state index contributed by atoms with van der Waals surface area (Å²) in [5.41, 5.74) is -0.0374. The van der Waals surface area contributed by atoms with E-state index in [1.807, 2.05) is 0 Å². The second kappa shape index (κ2) is 6.43. The molecule has 1 aliphatic heterocycles. The van der Waals surface area contributed by atoms with Gasteiger partial charge < -0.3 is 14.6 Å². The van der Waals surface area contributed by atoms with Gasteiger partial charge in [0.15, 0.2) is 0 Å². The van der Waals surface area contributed by atoms with Crippen LogP contribution in [0, 0.1) is 23.7 Å². The Balaban J connectivity index is 1.37. The highest BCUT2D eigenvalue weighted by Crippen LogP contribution is 2.59. The van der Waals surface area contributed by atoms with Crippen LogP contribution in [-0.4, -0.2) is 47.6 Å². The first kappa shape index (κ1) is 17.4. The van der Waals surface area contributed by atoms with Gasteiger partial charge in [0.25, 0.3) is 11.5 Å². The Morgan fingerprint density at radius 1 is 1.26 bits per heavy atom. The van der Waals surface area contributed by atoms with E-state index in [0.29, 0.717) is 25.6 Å². The van der Waals surface area contributed by atoms with E-state index in [9.17, 15) is 9.59 Å². The van der Waals surface area contributed by atoms with Crippen molar-refractivity contribution in [3.05, 3.63) is 27.9 Å². The Morgan fingerprint density at radius 2 is 1.93 bits per heavy atom. The molecule has 2 heterocycles. The van der Waals surface area contributed by atoms with Crippen molar-refractivity contribution in [3.63, 3.8) is 0 Å². The predicted octanol–water partition coefficient (Wildman–Crippen LogP) is 2.35. The molecule has 0 aromatic carbocycles. The lowest BCUT2D eigenvalue weighted by Gasteiger charge is -2.56. The van der Waals surface area contributed by atoms with Gasteiger partial charge in [0.05, 0.1) is 6.61 Å². The first-order valence-electron chi connectivity index (χ1n) is 10.4. The monoisotopic (exact) mass is 371 g/mol. The molecule has 4 aliphatic carbocycles. The van der Waals surface area contributed by atoms with E-state index < -0.39 is 0 Å². The molecule has 146 valence electrons. The van der Waals surface area contributed by atoms with Crippen molar-refractivity contribution in [1.29, 1.82) is 0 Å². The molecule has 1 aromatic rings. The number of methoxy groups -OCH3 is 1. The van der Waals surface area contributed by atoms with E-state index in [1.165, 1.54) is 19.3 Å². The van der Waals surface area contributed by atoms with Gasteiger partial charge in [-0.1, -0.05) is 0 Å². The maximum atomic E-state index is 12.8. The van der Waals surface area contributed by atoms with Gasteiger partial charge in [-0.25, -0.2) is 4.98 Å². The molecule has 1 saturated heterocycles. The zero-order chi connectivity index (χ0) is 18.6. The Hall–Kier alpha value is -1.69. The summed E-state index contributed by atoms with van der Waals surface area (Å²) in [5.74, 6) is 3.39. The normalized spacial score (nSPS) is 37.1. The van der Waals surface area contributed by atoms with Gasteiger partial charge in [0.2, 0.25) is 0 Å². The molecule has 1 unspecified atom stereocenters. The number of hydrogen-bond donors (Lipinski definition) is 1. The molecule has 1 N–H and O–H groups in total. The second-order valence-electron chi connectivity index (χ2n) is 9.53. The molecule has 5 aliphatic rings. The first-order valence-corrected chi connectivity index (χ1v) is 10.4. The number of amides is 1. The summed E-state index contributed by atoms with van der Waals surface area (Å²) in [6.45, 7) is 2.00. The molecule has 0 spiro atoms. The second-order valence-corrected chi connectivity index (χ2v) is 9.53. The number of nitrogens with one attached hydrogen (secondary N) is 1. The lowest BCUT2D eigenvalue weighted by Crippen LogP contribution is -2.50. The summed E-state index contributed by atoms with van der Waals surface area (Å²) < 4.78 is 5.20. The maximum Gasteiger partial charge on any atom is 0.263 e. The zero-order valence-corrected chi connectivity index (χ0v) is 16.1. The van der Waals surface area contributed by atoms with Crippen molar-refractivity contribution >= 4 is 5.91 Å². The third-order valence-electron chi connectivity index (χ3n) is 7.55. The van der Waals surface area contributed by atoms with Crippen molar-refractivity contribution in [2.24, 2.45) is 23.7 Å². The predicted molar refractivity (Wildman–Crippen MR) is 101 cm³/mol. The number of carbonyl (C=O) groups excluding carboxylic acids is 1. The SMILES string of the molecule is COCC1CCN(C(=O)c2cnc(C34CC5CC(CC(C5)C3)C4)[nH]c2=O)C1. The molecule has 6 heteroatoms. The molecule has 6 nitrogen and oxygen atoms in total. The quantitative estimate of drug-likeness (QED) is 0.882. The molecule has 5 fully saturated rings. The van der Waals surface area contributed by atoms with E-state index in [1.54, 1.807) is 18.2 Å². The van der Waals surface area contributed by atoms with Crippen molar-refractivity contribution in [2.45, 2.75) is 50.4 Å². The van der Waals surface area contributed by atoms with Crippen LogP contribution in [0.4, 0.5) is 0 Å². The van der Waals surface area contributed by atoms with E-state index in [4.69, 9.17) is 4.74 Å². The number of H-pyrrole nitrogens is 1. The topological polar surface area (TPSA) is 75.3 Å². The molecule has 6 rings (SSSR count). The first-order chi connectivity index (χ1) is 13.1. The number of aromatic amines is 1. The summed E-state index contributed by atoms with van der Waals surface area (Å²) >= 11 is 0. The number of likely N-dealkylation sites (tertiary alicyclic amines) is 1. The van der Waals surface area contributed by atoms with Crippen molar-refractivity contribution in [2.75, 3.05) is 26.8 Å². The summed E-state index contributed by atoms with van der Waals surface area (Å²) in [4.78, 5) is 35.0. The molecule has 1 amide bonds. The lowest BCUT2D eigenvalue weighted by atomic mass is 9.49. The molecule has 4 bridgehead atoms. The molecule has 27 heavy (non-hydrogen) atoms. The number of carbonyl (C=O) groups is 1. The van der Waals surface area contributed by atoms with Crippen LogP contribution >= 0.6 is 0 Å². The average Bonchev–Trinajstić information content (AvgIpc) is 3.09. The van der Waals surface area contributed by atoms with Crippen LogP contribution in [0.2, 0.25) is 0 Å². The van der Waals surface area contributed by atoms with Crippen molar-refractivity contribution in [1.82, 2.24) is 14.9 Å². The van der Waals surface area contributed by atoms with Crippen LogP contribution in [0.3, 0.4) is 0 Å². The Kier molecular flexibility index (Phi) is 4.15. The van der Waals surface area contributed by atoms with Gasteiger partial charge in [0, 0.05) is 37.7 Å². The van der Waals surface area contributed by atoms with Crippen LogP contribution in [0.5, 0.6) is 0 Å². The maximum absolute atomic E-state index is 12.8. The summed E-state index contributed by atoms with van der Waals surface area (Å²) in [5, 5.41) is 0. The van der Waals surface area contributed by atoms with E-state index in [-0.39, 0.29) is 22.4 Å². The zero-order valence-electron chi connectivity index (χ0n) is 16.1. The van der Waals surface area contributed by atoms with E-state index >= 15 is 0 Å². The molecule has 1 aromatic heterocycles. The summed E-state index contributed by atoms with van der Waals surface area (Å²) in [6, 6.07) is 0. The summed E-state index contributed by atoms with van der Waals surface area (Å²) in [7, 11) is 1.68. The number of rotatable bonds is 4. The van der Waals surface area contributed by atoms with Crippen LogP contribution in [-0.2, 0) is 10.2 Å². The van der Waals surface area contributed by atoms with Crippen LogP contribution in [0.25, 0.3) is 0 Å². The van der Waals surface area contributed by atoms with Crippen molar-refractivity contribution in [3.8, 4) is 0 Å². The van der Waals surface area contributed by atoms with Gasteiger partial charge in [-0.3, -0.25) is 9.59 Å².